The number of carboxylic acid groups (broad SMARTS) is 1. The van der Waals surface area contributed by atoms with Gasteiger partial charge in [-0.05, 0) is 32.4 Å². The van der Waals surface area contributed by atoms with Crippen molar-refractivity contribution >= 4 is 17.2 Å². The Hall–Kier alpha value is -2.04. The molecule has 0 bridgehead atoms. The lowest BCUT2D eigenvalue weighted by molar-refractivity contribution is 0.0693. The van der Waals surface area contributed by atoms with E-state index >= 15 is 0 Å². The monoisotopic (exact) mass is 247 g/mol. The summed E-state index contributed by atoms with van der Waals surface area (Å²) in [5, 5.41) is 12.4. The van der Waals surface area contributed by atoms with Crippen LogP contribution in [0.15, 0.2) is 18.3 Å². The van der Waals surface area contributed by atoms with E-state index in [1.165, 1.54) is 0 Å². The number of aromatic carboxylic acids is 1. The molecule has 2 heterocycles. The lowest BCUT2D eigenvalue weighted by Crippen LogP contribution is -2.13. The number of carbonyl (C=O) groups is 1. The number of fused-ring (bicyclic) bond motifs is 1. The summed E-state index contributed by atoms with van der Waals surface area (Å²) in [6.07, 6.45) is 2.91. The minimum absolute atomic E-state index is 0.0996. The van der Waals surface area contributed by atoms with Gasteiger partial charge in [0, 0.05) is 12.2 Å². The summed E-state index contributed by atoms with van der Waals surface area (Å²) in [6, 6.07) is 4.05. The minimum atomic E-state index is -0.997. The fraction of sp³-hybridized carbons (Fsp3) is 0.385. The van der Waals surface area contributed by atoms with Gasteiger partial charge in [0.1, 0.15) is 5.82 Å². The maximum atomic E-state index is 11.0. The maximum absolute atomic E-state index is 11.0. The molecular weight excluding hydrogens is 230 g/mol. The van der Waals surface area contributed by atoms with Crippen molar-refractivity contribution in [2.24, 2.45) is 0 Å². The molecule has 0 spiro atoms. The molecule has 0 aliphatic heterocycles. The molecule has 0 amide bonds. The molecule has 0 aliphatic rings. The van der Waals surface area contributed by atoms with Crippen LogP contribution in [0.1, 0.15) is 36.6 Å². The second-order valence-electron chi connectivity index (χ2n) is 4.44. The molecule has 0 aromatic carbocycles. The van der Waals surface area contributed by atoms with Crippen molar-refractivity contribution in [1.29, 1.82) is 0 Å². The topological polar surface area (TPSA) is 66.6 Å². The van der Waals surface area contributed by atoms with Crippen LogP contribution < -0.4 is 5.32 Å². The van der Waals surface area contributed by atoms with Gasteiger partial charge in [-0.25, -0.2) is 9.78 Å². The second kappa shape index (κ2) is 4.68. The van der Waals surface area contributed by atoms with E-state index in [0.717, 1.165) is 12.1 Å². The van der Waals surface area contributed by atoms with Gasteiger partial charge in [0.05, 0.1) is 11.2 Å². The van der Waals surface area contributed by atoms with Crippen molar-refractivity contribution in [1.82, 2.24) is 9.38 Å². The molecule has 18 heavy (non-hydrogen) atoms. The fourth-order valence-corrected chi connectivity index (χ4v) is 1.86. The maximum Gasteiger partial charge on any atom is 0.356 e. The van der Waals surface area contributed by atoms with Crippen molar-refractivity contribution in [3.05, 3.63) is 29.8 Å². The summed E-state index contributed by atoms with van der Waals surface area (Å²) >= 11 is 0. The quantitative estimate of drug-likeness (QED) is 0.871. The van der Waals surface area contributed by atoms with Crippen LogP contribution in [0.25, 0.3) is 5.52 Å². The molecule has 1 unspecified atom stereocenters. The number of imidazole rings is 1. The lowest BCUT2D eigenvalue weighted by atomic mass is 10.2. The van der Waals surface area contributed by atoms with E-state index in [0.29, 0.717) is 17.4 Å². The standard InChI is InChI=1S/C13H17N3O2/c1-4-8(2)14-10-5-6-11-12(13(17)18)15-9(3)16(11)7-10/h5-8,14H,4H2,1-3H3,(H,17,18). The van der Waals surface area contributed by atoms with Gasteiger partial charge >= 0.3 is 5.97 Å². The highest BCUT2D eigenvalue weighted by molar-refractivity contribution is 5.93. The summed E-state index contributed by atoms with van der Waals surface area (Å²) < 4.78 is 1.80. The number of aryl methyl sites for hydroxylation is 1. The Balaban J connectivity index is 2.46. The number of nitrogens with one attached hydrogen (secondary N) is 1. The average Bonchev–Trinajstić information content (AvgIpc) is 2.67. The van der Waals surface area contributed by atoms with Gasteiger partial charge in [-0.1, -0.05) is 6.92 Å². The molecule has 2 aromatic rings. The number of hydrogen-bond donors (Lipinski definition) is 2. The molecule has 1 atom stereocenters. The van der Waals surface area contributed by atoms with E-state index in [1.807, 2.05) is 12.3 Å². The summed E-state index contributed by atoms with van der Waals surface area (Å²) in [5.41, 5.74) is 1.69. The van der Waals surface area contributed by atoms with Gasteiger partial charge in [-0.2, -0.15) is 0 Å². The minimum Gasteiger partial charge on any atom is -0.476 e. The first-order valence-corrected chi connectivity index (χ1v) is 6.01. The summed E-state index contributed by atoms with van der Waals surface area (Å²) in [7, 11) is 0. The lowest BCUT2D eigenvalue weighted by Gasteiger charge is -2.13. The van der Waals surface area contributed by atoms with Crippen LogP contribution in [0.2, 0.25) is 0 Å². The van der Waals surface area contributed by atoms with Crippen molar-refractivity contribution in [3.63, 3.8) is 0 Å². The predicted octanol–water partition coefficient (Wildman–Crippen LogP) is 2.55. The van der Waals surface area contributed by atoms with Gasteiger partial charge in [-0.15, -0.1) is 0 Å². The van der Waals surface area contributed by atoms with Crippen molar-refractivity contribution in [3.8, 4) is 0 Å². The average molecular weight is 247 g/mol. The third-order valence-corrected chi connectivity index (χ3v) is 3.04. The molecular formula is C13H17N3O2. The summed E-state index contributed by atoms with van der Waals surface area (Å²) in [5.74, 6) is -0.321. The molecule has 2 aromatic heterocycles. The third-order valence-electron chi connectivity index (χ3n) is 3.04. The third kappa shape index (κ3) is 2.16. The van der Waals surface area contributed by atoms with E-state index in [2.05, 4.69) is 24.1 Å². The van der Waals surface area contributed by atoms with Crippen molar-refractivity contribution in [2.75, 3.05) is 5.32 Å². The molecule has 2 rings (SSSR count). The molecule has 5 nitrogen and oxygen atoms in total. The van der Waals surface area contributed by atoms with Crippen LogP contribution in [0.3, 0.4) is 0 Å². The Morgan fingerprint density at radius 1 is 1.56 bits per heavy atom. The highest BCUT2D eigenvalue weighted by Crippen LogP contribution is 2.18. The zero-order valence-electron chi connectivity index (χ0n) is 10.8. The molecule has 0 saturated heterocycles. The number of carboxylic acids is 1. The first kappa shape index (κ1) is 12.4. The van der Waals surface area contributed by atoms with E-state index in [1.54, 1.807) is 17.4 Å². The van der Waals surface area contributed by atoms with E-state index in [4.69, 9.17) is 5.11 Å². The Bertz CT molecular complexity index is 589. The van der Waals surface area contributed by atoms with E-state index in [-0.39, 0.29) is 5.69 Å². The Morgan fingerprint density at radius 2 is 2.28 bits per heavy atom. The highest BCUT2D eigenvalue weighted by atomic mass is 16.4. The van der Waals surface area contributed by atoms with Crippen LogP contribution >= 0.6 is 0 Å². The van der Waals surface area contributed by atoms with Crippen LogP contribution in [0.5, 0.6) is 0 Å². The van der Waals surface area contributed by atoms with E-state index in [9.17, 15) is 4.79 Å². The van der Waals surface area contributed by atoms with Gasteiger partial charge in [-0.3, -0.25) is 0 Å². The van der Waals surface area contributed by atoms with Crippen LogP contribution in [0.4, 0.5) is 5.69 Å². The Morgan fingerprint density at radius 3 is 2.89 bits per heavy atom. The zero-order chi connectivity index (χ0) is 13.3. The molecule has 0 fully saturated rings. The molecule has 0 saturated carbocycles. The van der Waals surface area contributed by atoms with Crippen LogP contribution in [-0.2, 0) is 0 Å². The number of rotatable bonds is 4. The number of nitrogens with zero attached hydrogens (tertiary/aromatic N) is 2. The highest BCUT2D eigenvalue weighted by Gasteiger charge is 2.14. The van der Waals surface area contributed by atoms with Gasteiger partial charge in [0.15, 0.2) is 5.69 Å². The predicted molar refractivity (Wildman–Crippen MR) is 70.3 cm³/mol. The SMILES string of the molecule is CCC(C)Nc1ccc2c(C(=O)O)nc(C)n2c1. The van der Waals surface area contributed by atoms with Gasteiger partial charge in [0.2, 0.25) is 0 Å². The normalized spacial score (nSPS) is 12.6. The number of hydrogen-bond acceptors (Lipinski definition) is 3. The number of aromatic nitrogens is 2. The first-order valence-electron chi connectivity index (χ1n) is 6.01. The van der Waals surface area contributed by atoms with Gasteiger partial charge in [0.25, 0.3) is 0 Å². The second-order valence-corrected chi connectivity index (χ2v) is 4.44. The number of anilines is 1. The molecule has 5 heteroatoms. The van der Waals surface area contributed by atoms with E-state index < -0.39 is 5.97 Å². The smallest absolute Gasteiger partial charge is 0.356 e. The van der Waals surface area contributed by atoms with Gasteiger partial charge < -0.3 is 14.8 Å². The first-order chi connectivity index (χ1) is 8.52. The Labute approximate surface area is 105 Å². The van der Waals surface area contributed by atoms with Crippen molar-refractivity contribution in [2.45, 2.75) is 33.2 Å². The van der Waals surface area contributed by atoms with Crippen LogP contribution in [0, 0.1) is 6.92 Å². The molecule has 0 aliphatic carbocycles. The zero-order valence-corrected chi connectivity index (χ0v) is 10.8. The summed E-state index contributed by atoms with van der Waals surface area (Å²) in [6.45, 7) is 6.02. The van der Waals surface area contributed by atoms with Crippen molar-refractivity contribution < 1.29 is 9.90 Å². The molecule has 0 radical (unpaired) electrons. The largest absolute Gasteiger partial charge is 0.476 e. The molecule has 2 N–H and O–H groups in total. The Kier molecular flexibility index (Phi) is 3.23. The summed E-state index contributed by atoms with van der Waals surface area (Å²) in [4.78, 5) is 15.1. The van der Waals surface area contributed by atoms with Crippen LogP contribution in [-0.4, -0.2) is 26.5 Å². The fourth-order valence-electron chi connectivity index (χ4n) is 1.86. The number of pyridine rings is 1. The molecule has 96 valence electrons.